The second-order valence-electron chi connectivity index (χ2n) is 8.35. The van der Waals surface area contributed by atoms with Crippen LogP contribution in [-0.4, -0.2) is 34.8 Å². The summed E-state index contributed by atoms with van der Waals surface area (Å²) < 4.78 is 5.25. The lowest BCUT2D eigenvalue weighted by Crippen LogP contribution is -2.38. The Morgan fingerprint density at radius 3 is 2.71 bits per heavy atom. The Kier molecular flexibility index (Phi) is 7.05. The molecule has 34 heavy (non-hydrogen) atoms. The Hall–Kier alpha value is -3.16. The number of carbonyl (C=O) groups is 2. The fourth-order valence-corrected chi connectivity index (χ4v) is 5.96. The molecule has 0 fully saturated rings. The Bertz CT molecular complexity index is 1220. The van der Waals surface area contributed by atoms with Gasteiger partial charge in [-0.1, -0.05) is 61.2 Å². The molecular formula is C24H25N5O3S2. The molecule has 2 aromatic rings. The van der Waals surface area contributed by atoms with E-state index in [4.69, 9.17) is 5.73 Å². The zero-order chi connectivity index (χ0) is 24.4. The molecule has 1 atom stereocenters. The zero-order valence-corrected chi connectivity index (χ0v) is 20.8. The summed E-state index contributed by atoms with van der Waals surface area (Å²) in [6, 6.07) is 10.3. The van der Waals surface area contributed by atoms with Gasteiger partial charge in [0.05, 0.1) is 30.4 Å². The number of thioether (sulfide) groups is 1. The lowest BCUT2D eigenvalue weighted by molar-refractivity contribution is -0.137. The number of rotatable bonds is 6. The van der Waals surface area contributed by atoms with E-state index in [2.05, 4.69) is 34.9 Å². The number of anilines is 1. The van der Waals surface area contributed by atoms with E-state index in [1.165, 1.54) is 35.8 Å². The molecule has 176 valence electrons. The van der Waals surface area contributed by atoms with E-state index < -0.39 is 5.92 Å². The molecule has 0 saturated carbocycles. The van der Waals surface area contributed by atoms with E-state index in [-0.39, 0.29) is 23.3 Å². The first-order valence-corrected chi connectivity index (χ1v) is 12.7. The highest BCUT2D eigenvalue weighted by molar-refractivity contribution is 8.01. The summed E-state index contributed by atoms with van der Waals surface area (Å²) in [6.07, 6.45) is 1.78. The molecule has 1 aliphatic heterocycles. The molecule has 0 saturated heterocycles. The average Bonchev–Trinajstić information content (AvgIpc) is 3.30. The third-order valence-electron chi connectivity index (χ3n) is 5.98. The molecule has 2 heterocycles. The van der Waals surface area contributed by atoms with E-state index >= 15 is 0 Å². The lowest BCUT2D eigenvalue weighted by atomic mass is 9.75. The largest absolute Gasteiger partial charge is 0.468 e. The third kappa shape index (κ3) is 4.45. The molecule has 1 aromatic heterocycles. The normalized spacial score (nSPS) is 18.3. The van der Waals surface area contributed by atoms with Crippen LogP contribution in [-0.2, 0) is 14.3 Å². The van der Waals surface area contributed by atoms with Crippen molar-refractivity contribution >= 4 is 40.0 Å². The maximum atomic E-state index is 13.2. The van der Waals surface area contributed by atoms with Crippen LogP contribution in [0, 0.1) is 11.3 Å². The van der Waals surface area contributed by atoms with Gasteiger partial charge in [0.25, 0.3) is 0 Å². The lowest BCUT2D eigenvalue weighted by Gasteiger charge is -2.38. The van der Waals surface area contributed by atoms with Crippen molar-refractivity contribution in [3.8, 4) is 6.07 Å². The Balaban J connectivity index is 1.78. The third-order valence-corrected chi connectivity index (χ3v) is 7.99. The Labute approximate surface area is 206 Å². The van der Waals surface area contributed by atoms with Crippen molar-refractivity contribution in [2.75, 3.05) is 17.8 Å². The number of nitriles is 1. The highest BCUT2D eigenvalue weighted by atomic mass is 32.2. The van der Waals surface area contributed by atoms with Gasteiger partial charge in [0, 0.05) is 17.7 Å². The quantitative estimate of drug-likeness (QED) is 0.463. The number of benzene rings is 1. The Morgan fingerprint density at radius 1 is 1.32 bits per heavy atom. The zero-order valence-electron chi connectivity index (χ0n) is 19.2. The van der Waals surface area contributed by atoms with Crippen molar-refractivity contribution in [3.05, 3.63) is 58.1 Å². The highest BCUT2D eigenvalue weighted by Gasteiger charge is 2.41. The number of Topliss-reactive ketones (excluding diaryl/α,β-unsaturated/α-hetero) is 1. The molecule has 1 aromatic carbocycles. The van der Waals surface area contributed by atoms with Gasteiger partial charge in [0.1, 0.15) is 5.82 Å². The maximum Gasteiger partial charge on any atom is 0.316 e. The van der Waals surface area contributed by atoms with Gasteiger partial charge in [0.2, 0.25) is 5.13 Å². The van der Waals surface area contributed by atoms with Crippen LogP contribution in [0.25, 0.3) is 0 Å². The van der Waals surface area contributed by atoms with Gasteiger partial charge in [-0.2, -0.15) is 5.26 Å². The first-order valence-electron chi connectivity index (χ1n) is 10.9. The monoisotopic (exact) mass is 495 g/mol. The van der Waals surface area contributed by atoms with Crippen LogP contribution in [0.2, 0.25) is 0 Å². The number of nitrogens with zero attached hydrogens (tertiary/aromatic N) is 4. The van der Waals surface area contributed by atoms with Gasteiger partial charge in [-0.05, 0) is 29.9 Å². The number of nitrogens with two attached hydrogens (primary N) is 1. The summed E-state index contributed by atoms with van der Waals surface area (Å²) in [6.45, 7) is 4.24. The first-order chi connectivity index (χ1) is 16.3. The van der Waals surface area contributed by atoms with Crippen LogP contribution >= 0.6 is 23.1 Å². The van der Waals surface area contributed by atoms with E-state index in [1.54, 1.807) is 4.90 Å². The summed E-state index contributed by atoms with van der Waals surface area (Å²) in [5, 5.41) is 19.0. The Morgan fingerprint density at radius 2 is 2.06 bits per heavy atom. The van der Waals surface area contributed by atoms with Crippen LogP contribution in [0.4, 0.5) is 5.13 Å². The molecule has 0 spiro atoms. The summed E-state index contributed by atoms with van der Waals surface area (Å²) in [4.78, 5) is 26.4. The average molecular weight is 496 g/mol. The number of carbonyl (C=O) groups excluding carboxylic acids is 2. The number of hydrogen-bond donors (Lipinski definition) is 1. The molecule has 10 heteroatoms. The standard InChI is InChI=1S/C24H25N5O3S2/c1-13(2)14-7-9-15(10-8-14)20-16(11-25)22(26)29(17-5-4-6-18(30)21(17)20)23-27-28-24(34-23)33-12-19(31)32-3/h7-10,13,20H,4-6,12,26H2,1-3H3. The van der Waals surface area contributed by atoms with E-state index in [0.29, 0.717) is 45.8 Å². The topological polar surface area (TPSA) is 122 Å². The molecule has 0 radical (unpaired) electrons. The predicted octanol–water partition coefficient (Wildman–Crippen LogP) is 4.23. The molecule has 2 N–H and O–H groups in total. The van der Waals surface area contributed by atoms with Gasteiger partial charge in [0.15, 0.2) is 10.1 Å². The molecule has 1 unspecified atom stereocenters. The molecule has 8 nitrogen and oxygen atoms in total. The summed E-state index contributed by atoms with van der Waals surface area (Å²) in [5.74, 6) is -0.0993. The number of allylic oxidation sites excluding steroid dienone is 3. The molecule has 4 rings (SSSR count). The van der Waals surface area contributed by atoms with Gasteiger partial charge in [-0.3, -0.25) is 14.5 Å². The van der Waals surface area contributed by atoms with Crippen molar-refractivity contribution in [2.45, 2.75) is 49.3 Å². The van der Waals surface area contributed by atoms with Crippen LogP contribution in [0.15, 0.2) is 51.3 Å². The molecule has 0 bridgehead atoms. The molecule has 1 aliphatic carbocycles. The second-order valence-corrected chi connectivity index (χ2v) is 10.5. The fourth-order valence-electron chi connectivity index (χ4n) is 4.24. The molecule has 2 aliphatic rings. The minimum Gasteiger partial charge on any atom is -0.468 e. The highest BCUT2D eigenvalue weighted by Crippen LogP contribution is 2.47. The van der Waals surface area contributed by atoms with Gasteiger partial charge < -0.3 is 10.5 Å². The van der Waals surface area contributed by atoms with Crippen molar-refractivity contribution in [1.29, 1.82) is 5.26 Å². The van der Waals surface area contributed by atoms with Gasteiger partial charge in [-0.15, -0.1) is 10.2 Å². The van der Waals surface area contributed by atoms with E-state index in [9.17, 15) is 14.9 Å². The maximum absolute atomic E-state index is 13.2. The van der Waals surface area contributed by atoms with Crippen molar-refractivity contribution < 1.29 is 14.3 Å². The minimum absolute atomic E-state index is 0.0224. The number of aromatic nitrogens is 2. The van der Waals surface area contributed by atoms with Crippen LogP contribution in [0.5, 0.6) is 0 Å². The van der Waals surface area contributed by atoms with E-state index in [1.807, 2.05) is 24.3 Å². The summed E-state index contributed by atoms with van der Waals surface area (Å²) >= 11 is 2.47. The van der Waals surface area contributed by atoms with Crippen LogP contribution in [0.1, 0.15) is 56.1 Å². The fraction of sp³-hybridized carbons (Fsp3) is 0.375. The second kappa shape index (κ2) is 9.99. The van der Waals surface area contributed by atoms with Crippen LogP contribution in [0.3, 0.4) is 0 Å². The number of ketones is 1. The van der Waals surface area contributed by atoms with Crippen molar-refractivity contribution in [2.24, 2.45) is 5.73 Å². The van der Waals surface area contributed by atoms with E-state index in [0.717, 1.165) is 11.3 Å². The first kappa shape index (κ1) is 24.0. The molecule has 0 amide bonds. The van der Waals surface area contributed by atoms with Gasteiger partial charge in [-0.25, -0.2) is 0 Å². The number of ether oxygens (including phenoxy) is 1. The molecular weight excluding hydrogens is 470 g/mol. The number of esters is 1. The smallest absolute Gasteiger partial charge is 0.316 e. The number of methoxy groups -OCH3 is 1. The SMILES string of the molecule is COC(=O)CSc1nnc(N2C(N)=C(C#N)C(c3ccc(C(C)C)cc3)C3=C2CCCC3=O)s1. The summed E-state index contributed by atoms with van der Waals surface area (Å²) in [5.41, 5.74) is 10.3. The van der Waals surface area contributed by atoms with Crippen molar-refractivity contribution in [3.63, 3.8) is 0 Å². The van der Waals surface area contributed by atoms with Gasteiger partial charge >= 0.3 is 5.97 Å². The minimum atomic E-state index is -0.508. The predicted molar refractivity (Wildman–Crippen MR) is 131 cm³/mol. The van der Waals surface area contributed by atoms with Crippen molar-refractivity contribution in [1.82, 2.24) is 10.2 Å². The van der Waals surface area contributed by atoms with Crippen LogP contribution < -0.4 is 10.6 Å². The summed E-state index contributed by atoms with van der Waals surface area (Å²) in [7, 11) is 1.33. The number of hydrogen-bond acceptors (Lipinski definition) is 10.